The lowest BCUT2D eigenvalue weighted by Crippen LogP contribution is -2.44. The van der Waals surface area contributed by atoms with Gasteiger partial charge in [-0.2, -0.15) is 4.31 Å². The fourth-order valence-electron chi connectivity index (χ4n) is 2.65. The average molecular weight is 312 g/mol. The van der Waals surface area contributed by atoms with E-state index in [4.69, 9.17) is 18.0 Å². The second kappa shape index (κ2) is 6.20. The molecule has 1 saturated heterocycles. The molecule has 0 bridgehead atoms. The summed E-state index contributed by atoms with van der Waals surface area (Å²) in [5.41, 5.74) is 6.68. The summed E-state index contributed by atoms with van der Waals surface area (Å²) < 4.78 is 26.6. The van der Waals surface area contributed by atoms with Crippen LogP contribution in [0.2, 0.25) is 0 Å². The topological polar surface area (TPSA) is 63.4 Å². The molecule has 0 aromatic heterocycles. The van der Waals surface area contributed by atoms with Gasteiger partial charge in [-0.1, -0.05) is 49.5 Å². The fourth-order valence-corrected chi connectivity index (χ4v) is 4.99. The first-order valence-corrected chi connectivity index (χ1v) is 8.77. The zero-order chi connectivity index (χ0) is 14.8. The molecule has 1 aliphatic rings. The summed E-state index contributed by atoms with van der Waals surface area (Å²) in [4.78, 5) is 0.276. The molecule has 4 nitrogen and oxygen atoms in total. The second-order valence-electron chi connectivity index (χ2n) is 5.26. The van der Waals surface area contributed by atoms with Crippen molar-refractivity contribution in [3.8, 4) is 0 Å². The van der Waals surface area contributed by atoms with Crippen molar-refractivity contribution in [3.05, 3.63) is 35.9 Å². The molecule has 2 rings (SSSR count). The van der Waals surface area contributed by atoms with Crippen molar-refractivity contribution >= 4 is 27.2 Å². The van der Waals surface area contributed by atoms with Crippen LogP contribution in [0.3, 0.4) is 0 Å². The monoisotopic (exact) mass is 312 g/mol. The average Bonchev–Trinajstić information content (AvgIpc) is 2.89. The molecule has 0 saturated carbocycles. The standard InChI is InChI=1S/C14H20N2O2S2/c1-11(12-6-3-2-4-7-12)10-20(17,18)16-9-5-8-13(16)14(15)19/h2-4,6-7,11,13H,5,8-10H2,1H3,(H2,15,19). The van der Waals surface area contributed by atoms with Gasteiger partial charge in [0.05, 0.1) is 16.8 Å². The van der Waals surface area contributed by atoms with Crippen molar-refractivity contribution in [2.24, 2.45) is 5.73 Å². The molecule has 20 heavy (non-hydrogen) atoms. The third kappa shape index (κ3) is 3.37. The number of rotatable bonds is 5. The van der Waals surface area contributed by atoms with Crippen molar-refractivity contribution in [1.29, 1.82) is 0 Å². The van der Waals surface area contributed by atoms with E-state index in [9.17, 15) is 8.42 Å². The number of sulfonamides is 1. The van der Waals surface area contributed by atoms with E-state index in [1.807, 2.05) is 37.3 Å². The summed E-state index contributed by atoms with van der Waals surface area (Å²) in [5, 5.41) is 0. The first-order chi connectivity index (χ1) is 9.42. The Balaban J connectivity index is 2.13. The molecule has 1 aliphatic heterocycles. The Kier molecular flexibility index (Phi) is 4.78. The molecule has 1 fully saturated rings. The van der Waals surface area contributed by atoms with Crippen molar-refractivity contribution in [3.63, 3.8) is 0 Å². The third-order valence-electron chi connectivity index (χ3n) is 3.72. The molecule has 2 N–H and O–H groups in total. The van der Waals surface area contributed by atoms with Crippen LogP contribution in [-0.2, 0) is 10.0 Å². The van der Waals surface area contributed by atoms with Crippen molar-refractivity contribution < 1.29 is 8.42 Å². The van der Waals surface area contributed by atoms with E-state index in [2.05, 4.69) is 0 Å². The van der Waals surface area contributed by atoms with Crippen LogP contribution in [0.25, 0.3) is 0 Å². The molecule has 0 aliphatic carbocycles. The van der Waals surface area contributed by atoms with Crippen molar-refractivity contribution in [2.45, 2.75) is 31.7 Å². The Labute approximate surface area is 126 Å². The van der Waals surface area contributed by atoms with Gasteiger partial charge in [-0.25, -0.2) is 8.42 Å². The molecule has 6 heteroatoms. The predicted molar refractivity (Wildman–Crippen MR) is 85.2 cm³/mol. The summed E-state index contributed by atoms with van der Waals surface area (Å²) in [6, 6.07) is 9.37. The summed E-state index contributed by atoms with van der Waals surface area (Å²) in [6.45, 7) is 2.45. The highest BCUT2D eigenvalue weighted by Gasteiger charge is 2.36. The molecule has 0 spiro atoms. The van der Waals surface area contributed by atoms with Gasteiger partial charge in [0.1, 0.15) is 0 Å². The summed E-state index contributed by atoms with van der Waals surface area (Å²) in [7, 11) is -3.34. The summed E-state index contributed by atoms with van der Waals surface area (Å²) in [6.07, 6.45) is 1.55. The first-order valence-electron chi connectivity index (χ1n) is 6.75. The zero-order valence-electron chi connectivity index (χ0n) is 11.5. The van der Waals surface area contributed by atoms with Gasteiger partial charge in [0.15, 0.2) is 0 Å². The number of hydrogen-bond donors (Lipinski definition) is 1. The summed E-state index contributed by atoms with van der Waals surface area (Å²) in [5.74, 6) is 0.0460. The van der Waals surface area contributed by atoms with Gasteiger partial charge >= 0.3 is 0 Å². The predicted octanol–water partition coefficient (Wildman–Crippen LogP) is 1.87. The van der Waals surface area contributed by atoms with Crippen LogP contribution in [0.15, 0.2) is 30.3 Å². The lowest BCUT2D eigenvalue weighted by Gasteiger charge is -2.24. The maximum absolute atomic E-state index is 12.5. The number of benzene rings is 1. The highest BCUT2D eigenvalue weighted by molar-refractivity contribution is 7.89. The quantitative estimate of drug-likeness (QED) is 0.843. The van der Waals surface area contributed by atoms with Gasteiger partial charge in [0.25, 0.3) is 0 Å². The van der Waals surface area contributed by atoms with Crippen LogP contribution in [0.1, 0.15) is 31.2 Å². The smallest absolute Gasteiger partial charge is 0.215 e. The van der Waals surface area contributed by atoms with Crippen LogP contribution in [0.4, 0.5) is 0 Å². The van der Waals surface area contributed by atoms with Crippen molar-refractivity contribution in [1.82, 2.24) is 4.31 Å². The highest BCUT2D eigenvalue weighted by atomic mass is 32.2. The normalized spacial score (nSPS) is 21.8. The Morgan fingerprint density at radius 2 is 2.10 bits per heavy atom. The molecule has 1 aromatic rings. The number of thiocarbonyl (C=S) groups is 1. The van der Waals surface area contributed by atoms with Crippen LogP contribution in [-0.4, -0.2) is 36.1 Å². The van der Waals surface area contributed by atoms with Gasteiger partial charge in [0.2, 0.25) is 10.0 Å². The number of hydrogen-bond acceptors (Lipinski definition) is 3. The minimum absolute atomic E-state index is 0.0474. The zero-order valence-corrected chi connectivity index (χ0v) is 13.2. The fraction of sp³-hybridized carbons (Fsp3) is 0.500. The van der Waals surface area contributed by atoms with E-state index in [0.29, 0.717) is 6.54 Å². The van der Waals surface area contributed by atoms with Gasteiger partial charge in [-0.3, -0.25) is 0 Å². The van der Waals surface area contributed by atoms with Gasteiger partial charge in [-0.05, 0) is 24.3 Å². The third-order valence-corrected chi connectivity index (χ3v) is 6.06. The molecule has 1 heterocycles. The Morgan fingerprint density at radius 1 is 1.45 bits per heavy atom. The van der Waals surface area contributed by atoms with Gasteiger partial charge in [-0.15, -0.1) is 0 Å². The molecule has 2 unspecified atom stereocenters. The minimum Gasteiger partial charge on any atom is -0.392 e. The van der Waals surface area contributed by atoms with Crippen molar-refractivity contribution in [2.75, 3.05) is 12.3 Å². The maximum Gasteiger partial charge on any atom is 0.215 e. The molecular formula is C14H20N2O2S2. The summed E-state index contributed by atoms with van der Waals surface area (Å²) >= 11 is 4.98. The van der Waals surface area contributed by atoms with E-state index in [1.165, 1.54) is 4.31 Å². The molecule has 1 aromatic carbocycles. The van der Waals surface area contributed by atoms with E-state index in [-0.39, 0.29) is 22.7 Å². The van der Waals surface area contributed by atoms with Gasteiger partial charge in [0, 0.05) is 6.54 Å². The molecule has 0 amide bonds. The molecule has 2 atom stereocenters. The van der Waals surface area contributed by atoms with E-state index < -0.39 is 10.0 Å². The number of nitrogens with zero attached hydrogens (tertiary/aromatic N) is 1. The lowest BCUT2D eigenvalue weighted by molar-refractivity contribution is 0.443. The van der Waals surface area contributed by atoms with E-state index >= 15 is 0 Å². The first kappa shape index (κ1) is 15.4. The largest absolute Gasteiger partial charge is 0.392 e. The van der Waals surface area contributed by atoms with E-state index in [1.54, 1.807) is 0 Å². The maximum atomic E-state index is 12.5. The Morgan fingerprint density at radius 3 is 2.70 bits per heavy atom. The minimum atomic E-state index is -3.34. The highest BCUT2D eigenvalue weighted by Crippen LogP contribution is 2.25. The molecular weight excluding hydrogens is 292 g/mol. The number of nitrogens with two attached hydrogens (primary N) is 1. The van der Waals surface area contributed by atoms with Crippen LogP contribution < -0.4 is 5.73 Å². The lowest BCUT2D eigenvalue weighted by atomic mass is 10.0. The van der Waals surface area contributed by atoms with Crippen LogP contribution in [0, 0.1) is 0 Å². The molecule has 0 radical (unpaired) electrons. The Bertz CT molecular complexity index is 572. The Hall–Kier alpha value is -0.980. The second-order valence-corrected chi connectivity index (χ2v) is 7.70. The SMILES string of the molecule is CC(CS(=O)(=O)N1CCCC1C(N)=S)c1ccccc1. The van der Waals surface area contributed by atoms with E-state index in [0.717, 1.165) is 18.4 Å². The van der Waals surface area contributed by atoms with Crippen LogP contribution >= 0.6 is 12.2 Å². The van der Waals surface area contributed by atoms with Gasteiger partial charge < -0.3 is 5.73 Å². The van der Waals surface area contributed by atoms with Crippen LogP contribution in [0.5, 0.6) is 0 Å². The molecule has 110 valence electrons.